The molecule has 2 aromatic heterocycles. The third-order valence-corrected chi connectivity index (χ3v) is 4.25. The molecule has 9 nitrogen and oxygen atoms in total. The number of hydrogen-bond acceptors (Lipinski definition) is 6. The normalized spacial score (nSPS) is 17.4. The van der Waals surface area contributed by atoms with E-state index in [0.29, 0.717) is 30.4 Å². The van der Waals surface area contributed by atoms with E-state index in [1.165, 1.54) is 4.68 Å². The van der Waals surface area contributed by atoms with E-state index in [4.69, 9.17) is 0 Å². The zero-order valence-corrected chi connectivity index (χ0v) is 15.1. The Morgan fingerprint density at radius 2 is 1.88 bits per heavy atom. The quantitative estimate of drug-likeness (QED) is 0.822. The van der Waals surface area contributed by atoms with Crippen molar-refractivity contribution < 1.29 is 14.7 Å². The Hall–Kier alpha value is -2.81. The van der Waals surface area contributed by atoms with Crippen LogP contribution in [0.25, 0.3) is 5.95 Å². The van der Waals surface area contributed by atoms with Gasteiger partial charge in [0.25, 0.3) is 5.95 Å². The van der Waals surface area contributed by atoms with Crippen molar-refractivity contribution in [1.82, 2.24) is 24.6 Å². The SMILES string of the molecule is Cc1cc(C)nc(-n2nc(C)cc2NC(=O)CN2CCCC2C(=O)O)n1. The number of anilines is 1. The van der Waals surface area contributed by atoms with Crippen LogP contribution in [0, 0.1) is 20.8 Å². The number of amides is 1. The largest absolute Gasteiger partial charge is 0.480 e. The molecule has 3 rings (SSSR count). The maximum absolute atomic E-state index is 12.4. The van der Waals surface area contributed by atoms with Gasteiger partial charge >= 0.3 is 5.97 Å². The number of rotatable bonds is 5. The summed E-state index contributed by atoms with van der Waals surface area (Å²) >= 11 is 0. The van der Waals surface area contributed by atoms with Crippen molar-refractivity contribution in [3.05, 3.63) is 29.2 Å². The summed E-state index contributed by atoms with van der Waals surface area (Å²) < 4.78 is 1.49. The first-order valence-electron chi connectivity index (χ1n) is 8.49. The predicted molar refractivity (Wildman–Crippen MR) is 94.2 cm³/mol. The minimum absolute atomic E-state index is 0.0227. The molecule has 26 heavy (non-hydrogen) atoms. The van der Waals surface area contributed by atoms with Crippen molar-refractivity contribution in [2.45, 2.75) is 39.7 Å². The van der Waals surface area contributed by atoms with Crippen LogP contribution in [0.2, 0.25) is 0 Å². The maximum atomic E-state index is 12.4. The highest BCUT2D eigenvalue weighted by atomic mass is 16.4. The molecule has 1 saturated heterocycles. The zero-order chi connectivity index (χ0) is 18.8. The molecular formula is C17H22N6O3. The number of carbonyl (C=O) groups is 2. The first kappa shape index (κ1) is 18.0. The molecule has 0 aromatic carbocycles. The second kappa shape index (κ2) is 7.20. The van der Waals surface area contributed by atoms with Crippen LogP contribution in [0.15, 0.2) is 12.1 Å². The van der Waals surface area contributed by atoms with E-state index in [2.05, 4.69) is 20.4 Å². The van der Waals surface area contributed by atoms with Crippen molar-refractivity contribution in [2.75, 3.05) is 18.4 Å². The molecule has 1 amide bonds. The summed E-state index contributed by atoms with van der Waals surface area (Å²) in [5, 5.41) is 16.4. The molecular weight excluding hydrogens is 336 g/mol. The number of carboxylic acid groups (broad SMARTS) is 1. The van der Waals surface area contributed by atoms with E-state index < -0.39 is 12.0 Å². The molecule has 0 spiro atoms. The van der Waals surface area contributed by atoms with E-state index >= 15 is 0 Å². The minimum Gasteiger partial charge on any atom is -0.480 e. The first-order chi connectivity index (χ1) is 12.3. The number of carboxylic acids is 1. The Balaban J connectivity index is 1.78. The number of aryl methyl sites for hydroxylation is 3. The number of nitrogens with one attached hydrogen (secondary N) is 1. The topological polar surface area (TPSA) is 113 Å². The Kier molecular flexibility index (Phi) is 4.99. The van der Waals surface area contributed by atoms with Gasteiger partial charge in [-0.2, -0.15) is 9.78 Å². The second-order valence-electron chi connectivity index (χ2n) is 6.55. The highest BCUT2D eigenvalue weighted by Crippen LogP contribution is 2.18. The van der Waals surface area contributed by atoms with Gasteiger partial charge in [-0.05, 0) is 46.2 Å². The van der Waals surface area contributed by atoms with Crippen LogP contribution in [-0.2, 0) is 9.59 Å². The smallest absolute Gasteiger partial charge is 0.320 e. The lowest BCUT2D eigenvalue weighted by atomic mass is 10.2. The molecule has 1 aliphatic heterocycles. The molecule has 0 radical (unpaired) electrons. The first-order valence-corrected chi connectivity index (χ1v) is 8.49. The molecule has 3 heterocycles. The van der Waals surface area contributed by atoms with Crippen LogP contribution >= 0.6 is 0 Å². The van der Waals surface area contributed by atoms with Gasteiger partial charge in [-0.25, -0.2) is 9.97 Å². The average Bonchev–Trinajstić information content (AvgIpc) is 3.12. The van der Waals surface area contributed by atoms with Crippen LogP contribution in [-0.4, -0.2) is 60.8 Å². The van der Waals surface area contributed by atoms with Crippen molar-refractivity contribution in [3.8, 4) is 5.95 Å². The Labute approximate surface area is 151 Å². The lowest BCUT2D eigenvalue weighted by Gasteiger charge is -2.20. The number of carbonyl (C=O) groups excluding carboxylic acids is 1. The fourth-order valence-electron chi connectivity index (χ4n) is 3.20. The maximum Gasteiger partial charge on any atom is 0.320 e. The molecule has 0 saturated carbocycles. The summed E-state index contributed by atoms with van der Waals surface area (Å²) in [5.41, 5.74) is 2.33. The van der Waals surface area contributed by atoms with Crippen LogP contribution in [0.3, 0.4) is 0 Å². The third kappa shape index (κ3) is 3.88. The van der Waals surface area contributed by atoms with Gasteiger partial charge in [0.1, 0.15) is 11.9 Å². The van der Waals surface area contributed by atoms with E-state index in [9.17, 15) is 14.7 Å². The lowest BCUT2D eigenvalue weighted by molar-refractivity contribution is -0.142. The number of aliphatic carboxylic acids is 1. The van der Waals surface area contributed by atoms with Gasteiger partial charge < -0.3 is 10.4 Å². The molecule has 1 unspecified atom stereocenters. The number of likely N-dealkylation sites (tertiary alicyclic amines) is 1. The van der Waals surface area contributed by atoms with Crippen molar-refractivity contribution in [1.29, 1.82) is 0 Å². The summed E-state index contributed by atoms with van der Waals surface area (Å²) in [4.78, 5) is 34.1. The predicted octanol–water partition coefficient (Wildman–Crippen LogP) is 1.08. The third-order valence-electron chi connectivity index (χ3n) is 4.25. The van der Waals surface area contributed by atoms with Crippen molar-refractivity contribution >= 4 is 17.7 Å². The fraction of sp³-hybridized carbons (Fsp3) is 0.471. The molecule has 9 heteroatoms. The van der Waals surface area contributed by atoms with Crippen molar-refractivity contribution in [3.63, 3.8) is 0 Å². The summed E-state index contributed by atoms with van der Waals surface area (Å²) in [5.74, 6) is -0.331. The molecule has 2 N–H and O–H groups in total. The van der Waals surface area contributed by atoms with E-state index in [-0.39, 0.29) is 12.5 Å². The van der Waals surface area contributed by atoms with Crippen LogP contribution in [0.1, 0.15) is 29.9 Å². The van der Waals surface area contributed by atoms with Crippen molar-refractivity contribution in [2.24, 2.45) is 0 Å². The van der Waals surface area contributed by atoms with Gasteiger partial charge in [0.15, 0.2) is 0 Å². The van der Waals surface area contributed by atoms with Gasteiger partial charge in [0.05, 0.1) is 12.2 Å². The summed E-state index contributed by atoms with van der Waals surface area (Å²) in [7, 11) is 0. The van der Waals surface area contributed by atoms with Crippen LogP contribution in [0.5, 0.6) is 0 Å². The molecule has 1 fully saturated rings. The van der Waals surface area contributed by atoms with E-state index in [0.717, 1.165) is 17.8 Å². The number of nitrogens with zero attached hydrogens (tertiary/aromatic N) is 5. The Morgan fingerprint density at radius 1 is 1.19 bits per heavy atom. The summed E-state index contributed by atoms with van der Waals surface area (Å²) in [6.45, 7) is 6.17. The highest BCUT2D eigenvalue weighted by molar-refractivity contribution is 5.92. The molecule has 138 valence electrons. The number of hydrogen-bond donors (Lipinski definition) is 2. The molecule has 0 bridgehead atoms. The van der Waals surface area contributed by atoms with E-state index in [1.807, 2.05) is 26.8 Å². The van der Waals surface area contributed by atoms with Crippen LogP contribution in [0.4, 0.5) is 5.82 Å². The Morgan fingerprint density at radius 3 is 2.54 bits per heavy atom. The average molecular weight is 358 g/mol. The van der Waals surface area contributed by atoms with Gasteiger partial charge in [0, 0.05) is 17.5 Å². The second-order valence-corrected chi connectivity index (χ2v) is 6.55. The number of aromatic nitrogens is 4. The molecule has 2 aromatic rings. The molecule has 0 aliphatic carbocycles. The minimum atomic E-state index is -0.889. The zero-order valence-electron chi connectivity index (χ0n) is 15.1. The highest BCUT2D eigenvalue weighted by Gasteiger charge is 2.31. The van der Waals surface area contributed by atoms with Gasteiger partial charge in [-0.15, -0.1) is 0 Å². The Bertz CT molecular complexity index is 827. The summed E-state index contributed by atoms with van der Waals surface area (Å²) in [6, 6.07) is 2.99. The molecule has 1 atom stereocenters. The standard InChI is InChI=1S/C17H22N6O3/c1-10-7-11(2)19-17(18-10)23-14(8-12(3)21-23)20-15(24)9-22-6-4-5-13(22)16(25)26/h7-8,13H,4-6,9H2,1-3H3,(H,20,24)(H,25,26). The lowest BCUT2D eigenvalue weighted by Crippen LogP contribution is -2.41. The monoisotopic (exact) mass is 358 g/mol. The molecule has 1 aliphatic rings. The van der Waals surface area contributed by atoms with Gasteiger partial charge in [0.2, 0.25) is 5.91 Å². The van der Waals surface area contributed by atoms with E-state index in [1.54, 1.807) is 11.0 Å². The fourth-order valence-corrected chi connectivity index (χ4v) is 3.20. The van der Waals surface area contributed by atoms with Crippen LogP contribution < -0.4 is 5.32 Å². The summed E-state index contributed by atoms with van der Waals surface area (Å²) in [6.07, 6.45) is 1.34. The van der Waals surface area contributed by atoms with Gasteiger partial charge in [-0.1, -0.05) is 0 Å². The van der Waals surface area contributed by atoms with Gasteiger partial charge in [-0.3, -0.25) is 14.5 Å².